The Morgan fingerprint density at radius 2 is 1.24 bits per heavy atom. The van der Waals surface area contributed by atoms with E-state index in [0.717, 1.165) is 31.6 Å². The number of nitrogens with zero attached hydrogens (tertiary/aromatic N) is 3. The van der Waals surface area contributed by atoms with Gasteiger partial charge in [-0.2, -0.15) is 0 Å². The molecule has 0 spiro atoms. The standard InChI is InChI=1S/C20H20N2O5S.C15H18N2O3.C7H7ClO2S.2CH4.Na.H2O/c1-13-7-9-16(10-8-13)28(26,27)22-12-15(17-5-3-4-6-19(17)22)11-18(20(24)25)21-14(2)23;1-3-20-15(19)14(17-10(2)18)8-11-9-16-13-7-5-4-6-12(11)13;1-6-2-4-7(5-3-6)11(8,9)10;;;;/h3-10,12,18H,11H2,1-2H3,(H,21,23)(H,24,25);4-7,9,14,16H,3,8H2,1-2H3,(H,17,18);2-5H,1H3;2*1H4;;1H2/q;;;;;+1;/p-3. The van der Waals surface area contributed by atoms with Crippen molar-refractivity contribution in [3.63, 3.8) is 0 Å². The Kier molecular flexibility index (Phi) is 23.9. The molecule has 3 N–H and O–H groups in total. The number of esters is 1. The van der Waals surface area contributed by atoms with Crippen LogP contribution in [0.1, 0.15) is 57.9 Å². The van der Waals surface area contributed by atoms with Gasteiger partial charge in [0.15, 0.2) is 6.04 Å². The van der Waals surface area contributed by atoms with Crippen LogP contribution in [0, 0.1) is 13.8 Å². The number of carboxylic acid groups (broad SMARTS) is 1. The van der Waals surface area contributed by atoms with Gasteiger partial charge in [0.25, 0.3) is 19.1 Å². The molecular weight excluding hydrogens is 883 g/mol. The fourth-order valence-electron chi connectivity index (χ4n) is 5.87. The minimum Gasteiger partial charge on any atom is -0.870 e. The number of aliphatic imine (C=N–C) groups is 2. The predicted molar refractivity (Wildman–Crippen MR) is 239 cm³/mol. The van der Waals surface area contributed by atoms with Crippen molar-refractivity contribution in [1.82, 2.24) is 8.96 Å². The molecule has 0 bridgehead atoms. The topological polar surface area (TPSA) is 253 Å². The van der Waals surface area contributed by atoms with Gasteiger partial charge in [-0.3, -0.25) is 9.98 Å². The van der Waals surface area contributed by atoms with Gasteiger partial charge >= 0.3 is 41.5 Å². The van der Waals surface area contributed by atoms with Crippen molar-refractivity contribution < 1.29 is 81.5 Å². The second-order valence-electron chi connectivity index (χ2n) is 13.2. The number of aromatic nitrogens is 2. The first-order valence-electron chi connectivity index (χ1n) is 18.1. The van der Waals surface area contributed by atoms with Crippen LogP contribution in [0.2, 0.25) is 0 Å². The van der Waals surface area contributed by atoms with Crippen molar-refractivity contribution in [3.8, 4) is 0 Å². The van der Waals surface area contributed by atoms with E-state index >= 15 is 0 Å². The number of hydrogen-bond donors (Lipinski definition) is 2. The third kappa shape index (κ3) is 16.2. The number of halogens is 1. The summed E-state index contributed by atoms with van der Waals surface area (Å²) in [6, 6.07) is 25.4. The van der Waals surface area contributed by atoms with Gasteiger partial charge in [0.1, 0.15) is 6.04 Å². The fourth-order valence-corrected chi connectivity index (χ4v) is 8.03. The molecule has 0 saturated carbocycles. The van der Waals surface area contributed by atoms with Crippen molar-refractivity contribution >= 4 is 75.3 Å². The molecule has 0 aliphatic rings. The molecule has 336 valence electrons. The van der Waals surface area contributed by atoms with Crippen LogP contribution >= 0.6 is 10.7 Å². The number of nitrogens with one attached hydrogen (secondary N) is 1. The van der Waals surface area contributed by atoms with E-state index in [1.54, 1.807) is 55.5 Å². The number of benzene rings is 4. The molecule has 0 radical (unpaired) electrons. The van der Waals surface area contributed by atoms with Gasteiger partial charge in [0.2, 0.25) is 0 Å². The number of hydrogen-bond acceptors (Lipinski definition) is 12. The summed E-state index contributed by atoms with van der Waals surface area (Å²) < 4.78 is 53.8. The van der Waals surface area contributed by atoms with Crippen LogP contribution in [0.4, 0.5) is 0 Å². The Morgan fingerprint density at radius 3 is 1.75 bits per heavy atom. The van der Waals surface area contributed by atoms with E-state index in [1.165, 1.54) is 44.3 Å². The summed E-state index contributed by atoms with van der Waals surface area (Å²) in [7, 11) is -2.33. The number of carbonyl (C=O) groups is 2. The molecule has 4 aromatic carbocycles. The molecule has 63 heavy (non-hydrogen) atoms. The van der Waals surface area contributed by atoms with E-state index in [4.69, 9.17) is 15.4 Å². The Hall–Kier alpha value is -5.01. The van der Waals surface area contributed by atoms with E-state index in [1.807, 2.05) is 44.3 Å². The van der Waals surface area contributed by atoms with Crippen LogP contribution in [0.3, 0.4) is 0 Å². The first-order valence-corrected chi connectivity index (χ1v) is 21.9. The molecule has 15 nitrogen and oxygen atoms in total. The van der Waals surface area contributed by atoms with Gasteiger partial charge in [-0.05, 0) is 93.9 Å². The number of fused-ring (bicyclic) bond motifs is 2. The smallest absolute Gasteiger partial charge is 0.870 e. The van der Waals surface area contributed by atoms with Crippen molar-refractivity contribution in [2.45, 2.75) is 84.2 Å². The van der Waals surface area contributed by atoms with Crippen molar-refractivity contribution in [1.29, 1.82) is 0 Å². The van der Waals surface area contributed by atoms with Gasteiger partial charge in [-0.25, -0.2) is 30.4 Å². The normalized spacial score (nSPS) is 12.3. The summed E-state index contributed by atoms with van der Waals surface area (Å²) >= 11 is 0. The minimum absolute atomic E-state index is 0. The van der Waals surface area contributed by atoms with Crippen LogP contribution in [0.5, 0.6) is 0 Å². The molecule has 0 aliphatic carbocycles. The number of aryl methyl sites for hydroxylation is 2. The first kappa shape index (κ1) is 58.0. The number of aliphatic carboxylic acids is 1. The van der Waals surface area contributed by atoms with Crippen LogP contribution in [0.25, 0.3) is 21.8 Å². The van der Waals surface area contributed by atoms with Gasteiger partial charge < -0.3 is 30.5 Å². The summed E-state index contributed by atoms with van der Waals surface area (Å²) in [5.74, 6) is -2.67. The summed E-state index contributed by atoms with van der Waals surface area (Å²) in [5, 5.41) is 33.4. The van der Waals surface area contributed by atoms with E-state index < -0.39 is 49.0 Å². The maximum absolute atomic E-state index is 13.1. The molecule has 6 aromatic rings. The Balaban J connectivity index is 0.000000965. The van der Waals surface area contributed by atoms with Gasteiger partial charge in [0, 0.05) is 52.2 Å². The first-order chi connectivity index (χ1) is 27.8. The Morgan fingerprint density at radius 1 is 0.762 bits per heavy atom. The van der Waals surface area contributed by atoms with E-state index in [0.29, 0.717) is 22.9 Å². The quantitative estimate of drug-likeness (QED) is 0.0591. The average molecular weight is 935 g/mol. The predicted octanol–water partition coefficient (Wildman–Crippen LogP) is 3.40. The second kappa shape index (κ2) is 25.9. The van der Waals surface area contributed by atoms with Crippen LogP contribution in [-0.4, -0.2) is 78.8 Å². The van der Waals surface area contributed by atoms with Crippen molar-refractivity contribution in [2.75, 3.05) is 6.61 Å². The number of H-pyrrole nitrogens is 1. The summed E-state index contributed by atoms with van der Waals surface area (Å²) in [4.78, 5) is 34.2. The van der Waals surface area contributed by atoms with Crippen LogP contribution < -0.4 is 39.8 Å². The van der Waals surface area contributed by atoms with Crippen molar-refractivity contribution in [3.05, 3.63) is 132 Å². The van der Waals surface area contributed by atoms with Crippen molar-refractivity contribution in [2.24, 2.45) is 9.98 Å². The van der Waals surface area contributed by atoms with E-state index in [-0.39, 0.29) is 78.6 Å². The maximum Gasteiger partial charge on any atom is 1.00 e. The van der Waals surface area contributed by atoms with E-state index in [9.17, 15) is 41.7 Å². The monoisotopic (exact) mass is 934 g/mol. The largest absolute Gasteiger partial charge is 1.00 e. The summed E-state index contributed by atoms with van der Waals surface area (Å²) in [6.07, 6.45) is 3.51. The molecule has 2 unspecified atom stereocenters. The third-order valence-electron chi connectivity index (χ3n) is 8.66. The molecule has 6 rings (SSSR count). The third-order valence-corrected chi connectivity index (χ3v) is 11.7. The Bertz CT molecular complexity index is 2690. The van der Waals surface area contributed by atoms with Crippen LogP contribution in [-0.2, 0) is 46.2 Å². The summed E-state index contributed by atoms with van der Waals surface area (Å²) in [6.45, 7) is 8.27. The van der Waals surface area contributed by atoms with Gasteiger partial charge in [-0.1, -0.05) is 86.6 Å². The molecule has 2 atom stereocenters. The molecule has 0 saturated heterocycles. The van der Waals surface area contributed by atoms with Gasteiger partial charge in [0.05, 0.1) is 21.9 Å². The number of aromatic amines is 1. The number of ether oxygens (including phenoxy) is 1. The number of carboxylic acids is 1. The van der Waals surface area contributed by atoms with E-state index in [2.05, 4.69) is 15.0 Å². The molecule has 19 heteroatoms. The molecule has 0 aliphatic heterocycles. The molecular formula is C44H52ClN4NaO11S2-2. The fraction of sp³-hybridized carbons (Fsp3) is 0.273. The maximum atomic E-state index is 13.1. The molecule has 0 amide bonds. The minimum atomic E-state index is -3.87. The second-order valence-corrected chi connectivity index (χ2v) is 17.6. The number of rotatable bonds is 12. The molecule has 2 heterocycles. The van der Waals surface area contributed by atoms with Crippen LogP contribution in [0.15, 0.2) is 129 Å². The number of carbonyl (C=O) groups excluding carboxylic acids is 1. The summed E-state index contributed by atoms with van der Waals surface area (Å²) in [5.41, 5.74) is 4.81. The number of para-hydroxylation sites is 2. The SMILES string of the molecule is C.C.CC([O-])=NC(Cc1cn(S(=O)(=O)c2ccc(C)cc2)c2ccccc12)C(=O)O.CCOC(=O)C(Cc1c[nH]c2ccccc12)N=C(C)[O-].Cc1ccc(S(=O)(=O)Cl)cc1.[Na+].[OH-]. The van der Waals surface area contributed by atoms with Gasteiger partial charge in [-0.15, -0.1) is 0 Å². The Labute approximate surface area is 395 Å². The zero-order chi connectivity index (χ0) is 43.5. The molecule has 0 fully saturated rings. The average Bonchev–Trinajstić information content (AvgIpc) is 3.76. The zero-order valence-corrected chi connectivity index (χ0v) is 38.7. The molecule has 2 aromatic heterocycles. The zero-order valence-electron chi connectivity index (χ0n) is 34.3.